The minimum atomic E-state index is -0.124. The van der Waals surface area contributed by atoms with Crippen molar-refractivity contribution in [1.29, 1.82) is 0 Å². The Morgan fingerprint density at radius 3 is 2.96 bits per heavy atom. The van der Waals surface area contributed by atoms with Crippen LogP contribution in [0.25, 0.3) is 0 Å². The van der Waals surface area contributed by atoms with Crippen molar-refractivity contribution in [3.63, 3.8) is 0 Å². The van der Waals surface area contributed by atoms with E-state index in [1.54, 1.807) is 6.33 Å². The van der Waals surface area contributed by atoms with Gasteiger partial charge in [-0.1, -0.05) is 18.2 Å². The van der Waals surface area contributed by atoms with Crippen LogP contribution in [-0.2, 0) is 19.5 Å². The maximum absolute atomic E-state index is 12.6. The predicted octanol–water partition coefficient (Wildman–Crippen LogP) is 2.90. The zero-order valence-corrected chi connectivity index (χ0v) is 16.3. The van der Waals surface area contributed by atoms with Gasteiger partial charge in [0.2, 0.25) is 0 Å². The van der Waals surface area contributed by atoms with Gasteiger partial charge in [0.1, 0.15) is 0 Å². The third-order valence-corrected chi connectivity index (χ3v) is 5.02. The minimum absolute atomic E-state index is 0.124. The summed E-state index contributed by atoms with van der Waals surface area (Å²) < 4.78 is 1.98. The molecule has 144 valence electrons. The van der Waals surface area contributed by atoms with E-state index in [0.29, 0.717) is 17.9 Å². The van der Waals surface area contributed by atoms with E-state index in [9.17, 15) is 4.79 Å². The molecule has 0 unspecified atom stereocenters. The maximum atomic E-state index is 12.6. The molecule has 0 saturated carbocycles. The summed E-state index contributed by atoms with van der Waals surface area (Å²) in [6, 6.07) is 14.3. The van der Waals surface area contributed by atoms with E-state index in [1.807, 2.05) is 43.1 Å². The van der Waals surface area contributed by atoms with Gasteiger partial charge in [0.25, 0.3) is 5.91 Å². The lowest BCUT2D eigenvalue weighted by Crippen LogP contribution is -2.24. The Bertz CT molecular complexity index is 992. The van der Waals surface area contributed by atoms with Gasteiger partial charge in [-0.15, -0.1) is 0 Å². The fourth-order valence-corrected chi connectivity index (χ4v) is 3.46. The number of anilines is 2. The minimum Gasteiger partial charge on any atom is -0.378 e. The van der Waals surface area contributed by atoms with Gasteiger partial charge in [-0.2, -0.15) is 0 Å². The van der Waals surface area contributed by atoms with Crippen molar-refractivity contribution < 1.29 is 4.79 Å². The van der Waals surface area contributed by atoms with Gasteiger partial charge >= 0.3 is 0 Å². The van der Waals surface area contributed by atoms with Crippen LogP contribution in [0.1, 0.15) is 27.0 Å². The molecule has 1 aliphatic rings. The molecule has 0 bridgehead atoms. The van der Waals surface area contributed by atoms with E-state index in [2.05, 4.69) is 44.8 Å². The molecule has 2 N–H and O–H groups in total. The third-order valence-electron chi connectivity index (χ3n) is 5.02. The zero-order valence-electron chi connectivity index (χ0n) is 16.3. The molecule has 0 saturated heterocycles. The highest BCUT2D eigenvalue weighted by atomic mass is 16.1. The third kappa shape index (κ3) is 4.07. The highest BCUT2D eigenvalue weighted by molar-refractivity contribution is 6.03. The summed E-state index contributed by atoms with van der Waals surface area (Å²) in [6.45, 7) is 2.53. The van der Waals surface area contributed by atoms with Crippen molar-refractivity contribution in [2.45, 2.75) is 19.5 Å². The van der Waals surface area contributed by atoms with Crippen molar-refractivity contribution in [2.75, 3.05) is 30.9 Å². The molecule has 6 heteroatoms. The lowest BCUT2D eigenvalue weighted by molar-refractivity contribution is 0.102. The second kappa shape index (κ2) is 7.86. The van der Waals surface area contributed by atoms with E-state index in [4.69, 9.17) is 0 Å². The highest BCUT2D eigenvalue weighted by Crippen LogP contribution is 2.18. The van der Waals surface area contributed by atoms with Crippen LogP contribution < -0.4 is 15.5 Å². The maximum Gasteiger partial charge on any atom is 0.256 e. The highest BCUT2D eigenvalue weighted by Gasteiger charge is 2.13. The number of rotatable bonds is 5. The molecule has 4 rings (SSSR count). The van der Waals surface area contributed by atoms with Crippen molar-refractivity contribution in [2.24, 2.45) is 0 Å². The standard InChI is InChI=1S/C22H25N5O/c1-26(2)20-5-3-4-16(10-20)13-27-14-21(24-15-27)25-22(28)18-6-7-19-12-23-9-8-17(19)11-18/h3-7,10-11,14-15,23H,8-9,12-13H2,1-2H3,(H,25,28). The first-order valence-electron chi connectivity index (χ1n) is 9.50. The van der Waals surface area contributed by atoms with Gasteiger partial charge in [0.05, 0.1) is 6.33 Å². The van der Waals surface area contributed by atoms with Crippen molar-refractivity contribution >= 4 is 17.4 Å². The molecule has 0 spiro atoms. The molecule has 1 aromatic heterocycles. The molecule has 1 aliphatic heterocycles. The fraction of sp³-hybridized carbons (Fsp3) is 0.273. The molecule has 6 nitrogen and oxygen atoms in total. The Kier molecular flexibility index (Phi) is 5.12. The lowest BCUT2D eigenvalue weighted by Gasteiger charge is -2.17. The number of nitrogens with zero attached hydrogens (tertiary/aromatic N) is 3. The normalized spacial score (nSPS) is 13.1. The molecular formula is C22H25N5O. The summed E-state index contributed by atoms with van der Waals surface area (Å²) in [6.07, 6.45) is 4.57. The number of nitrogens with one attached hydrogen (secondary N) is 2. The number of imidazole rings is 1. The summed E-state index contributed by atoms with van der Waals surface area (Å²) in [4.78, 5) is 19.0. The van der Waals surface area contributed by atoms with E-state index >= 15 is 0 Å². The van der Waals surface area contributed by atoms with Crippen molar-refractivity contribution in [3.05, 3.63) is 77.2 Å². The van der Waals surface area contributed by atoms with Gasteiger partial charge in [-0.25, -0.2) is 4.98 Å². The van der Waals surface area contributed by atoms with Crippen LogP contribution in [0.2, 0.25) is 0 Å². The van der Waals surface area contributed by atoms with Gasteiger partial charge < -0.3 is 20.1 Å². The first-order valence-corrected chi connectivity index (χ1v) is 9.50. The number of aromatic nitrogens is 2. The molecule has 28 heavy (non-hydrogen) atoms. The molecule has 0 atom stereocenters. The molecule has 2 aromatic carbocycles. The van der Waals surface area contributed by atoms with E-state index in [-0.39, 0.29) is 5.91 Å². The summed E-state index contributed by atoms with van der Waals surface area (Å²) in [5.74, 6) is 0.439. The number of amides is 1. The van der Waals surface area contributed by atoms with E-state index in [0.717, 1.165) is 25.2 Å². The van der Waals surface area contributed by atoms with Crippen LogP contribution in [0.4, 0.5) is 11.5 Å². The van der Waals surface area contributed by atoms with Crippen LogP contribution in [0.15, 0.2) is 55.0 Å². The monoisotopic (exact) mass is 375 g/mol. The Morgan fingerprint density at radius 1 is 1.21 bits per heavy atom. The topological polar surface area (TPSA) is 62.2 Å². The predicted molar refractivity (Wildman–Crippen MR) is 112 cm³/mol. The summed E-state index contributed by atoms with van der Waals surface area (Å²) in [5.41, 5.74) is 5.54. The van der Waals surface area contributed by atoms with Gasteiger partial charge in [-0.3, -0.25) is 4.79 Å². The Hall–Kier alpha value is -3.12. The van der Waals surface area contributed by atoms with Crippen LogP contribution in [-0.4, -0.2) is 36.1 Å². The van der Waals surface area contributed by atoms with Gasteiger partial charge in [0, 0.05) is 44.6 Å². The summed E-state index contributed by atoms with van der Waals surface area (Å²) in [5, 5.41) is 6.25. The summed E-state index contributed by atoms with van der Waals surface area (Å²) >= 11 is 0. The van der Waals surface area contributed by atoms with E-state index in [1.165, 1.54) is 16.7 Å². The molecule has 0 radical (unpaired) electrons. The SMILES string of the molecule is CN(C)c1cccc(Cn2cnc(NC(=O)c3ccc4c(c3)CCNC4)c2)c1. The second-order valence-electron chi connectivity index (χ2n) is 7.36. The molecular weight excluding hydrogens is 350 g/mol. The molecule has 3 aromatic rings. The molecule has 0 aliphatic carbocycles. The molecule has 2 heterocycles. The first kappa shape index (κ1) is 18.3. The Morgan fingerprint density at radius 2 is 2.11 bits per heavy atom. The number of carbonyl (C=O) groups is 1. The van der Waals surface area contributed by atoms with Gasteiger partial charge in [0.15, 0.2) is 5.82 Å². The number of hydrogen-bond acceptors (Lipinski definition) is 4. The number of benzene rings is 2. The largest absolute Gasteiger partial charge is 0.378 e. The first-order chi connectivity index (χ1) is 13.6. The quantitative estimate of drug-likeness (QED) is 0.720. The second-order valence-corrected chi connectivity index (χ2v) is 7.36. The lowest BCUT2D eigenvalue weighted by atomic mass is 9.98. The number of hydrogen-bond donors (Lipinski definition) is 2. The van der Waals surface area contributed by atoms with E-state index < -0.39 is 0 Å². The van der Waals surface area contributed by atoms with Gasteiger partial charge in [-0.05, 0) is 53.9 Å². The average molecular weight is 375 g/mol. The zero-order chi connectivity index (χ0) is 19.5. The van der Waals surface area contributed by atoms with Crippen molar-refractivity contribution in [1.82, 2.24) is 14.9 Å². The van der Waals surface area contributed by atoms with Crippen molar-refractivity contribution in [3.8, 4) is 0 Å². The Labute approximate surface area is 165 Å². The molecule has 0 fully saturated rings. The fourth-order valence-electron chi connectivity index (χ4n) is 3.46. The van der Waals surface area contributed by atoms with Crippen LogP contribution >= 0.6 is 0 Å². The summed E-state index contributed by atoms with van der Waals surface area (Å²) in [7, 11) is 4.06. The Balaban J connectivity index is 1.43. The number of carbonyl (C=O) groups excluding carboxylic acids is 1. The van der Waals surface area contributed by atoms with Crippen LogP contribution in [0.3, 0.4) is 0 Å². The molecule has 1 amide bonds. The number of fused-ring (bicyclic) bond motifs is 1. The van der Waals surface area contributed by atoms with Crippen LogP contribution in [0.5, 0.6) is 0 Å². The van der Waals surface area contributed by atoms with Crippen LogP contribution in [0, 0.1) is 0 Å². The smallest absolute Gasteiger partial charge is 0.256 e. The average Bonchev–Trinajstić information content (AvgIpc) is 3.14.